The van der Waals surface area contributed by atoms with Crippen LogP contribution in [0.2, 0.25) is 0 Å². The molecule has 1 aromatic rings. The number of ether oxygens (including phenoxy) is 1. The predicted octanol–water partition coefficient (Wildman–Crippen LogP) is 3.72. The summed E-state index contributed by atoms with van der Waals surface area (Å²) in [6.45, 7) is 2.60. The Morgan fingerprint density at radius 1 is 1.32 bits per heavy atom. The molecule has 0 spiro atoms. The van der Waals surface area contributed by atoms with Crippen molar-refractivity contribution in [3.8, 4) is 0 Å². The summed E-state index contributed by atoms with van der Waals surface area (Å²) in [6.07, 6.45) is 9.64. The maximum atomic E-state index is 11.8. The van der Waals surface area contributed by atoms with E-state index in [1.165, 1.54) is 11.1 Å². The van der Waals surface area contributed by atoms with E-state index in [1.54, 1.807) is 7.11 Å². The van der Waals surface area contributed by atoms with Crippen LogP contribution in [0.5, 0.6) is 0 Å². The van der Waals surface area contributed by atoms with Crippen LogP contribution < -0.4 is 5.32 Å². The Bertz CT molecular complexity index is 548. The summed E-state index contributed by atoms with van der Waals surface area (Å²) in [7, 11) is 1.70. The standard InChI is InChI=1S/C19H25NO2/c1-3-4-10-18(21)20-15-19(22-2)13-11-17(12-14-19)16-8-6-5-7-9-16/h5-9,11-13H,3-4,10,14-15H2,1-2H3,(H,20,21). The van der Waals surface area contributed by atoms with E-state index in [1.807, 2.05) is 18.2 Å². The Labute approximate surface area is 133 Å². The van der Waals surface area contributed by atoms with Crippen LogP contribution in [0.4, 0.5) is 0 Å². The van der Waals surface area contributed by atoms with Crippen molar-refractivity contribution in [2.24, 2.45) is 0 Å². The predicted molar refractivity (Wildman–Crippen MR) is 90.5 cm³/mol. The van der Waals surface area contributed by atoms with Crippen LogP contribution in [0, 0.1) is 0 Å². The maximum absolute atomic E-state index is 11.8. The zero-order valence-corrected chi connectivity index (χ0v) is 13.5. The summed E-state index contributed by atoms with van der Waals surface area (Å²) in [5.41, 5.74) is 1.97. The lowest BCUT2D eigenvalue weighted by Crippen LogP contribution is -2.43. The number of methoxy groups -OCH3 is 1. The molecule has 1 N–H and O–H groups in total. The Hall–Kier alpha value is -1.87. The van der Waals surface area contributed by atoms with Gasteiger partial charge in [-0.15, -0.1) is 0 Å². The SMILES string of the molecule is CCCCC(=O)NCC1(OC)C=CC(c2ccccc2)=CC1. The first-order valence-electron chi connectivity index (χ1n) is 7.96. The zero-order chi connectivity index (χ0) is 15.8. The highest BCUT2D eigenvalue weighted by atomic mass is 16.5. The van der Waals surface area contributed by atoms with Crippen LogP contribution in [0.25, 0.3) is 5.57 Å². The molecule has 0 bridgehead atoms. The third-order valence-corrected chi connectivity index (χ3v) is 4.09. The number of nitrogens with one attached hydrogen (secondary N) is 1. The van der Waals surface area contributed by atoms with Crippen LogP contribution in [0.3, 0.4) is 0 Å². The minimum atomic E-state index is -0.430. The third kappa shape index (κ3) is 4.31. The number of carbonyl (C=O) groups is 1. The first-order valence-corrected chi connectivity index (χ1v) is 7.96. The molecule has 1 amide bonds. The van der Waals surface area contributed by atoms with Crippen molar-refractivity contribution in [3.05, 3.63) is 54.1 Å². The van der Waals surface area contributed by atoms with Crippen molar-refractivity contribution in [2.75, 3.05) is 13.7 Å². The fourth-order valence-corrected chi connectivity index (χ4v) is 2.53. The molecule has 0 heterocycles. The van der Waals surface area contributed by atoms with Crippen molar-refractivity contribution >= 4 is 11.5 Å². The number of carbonyl (C=O) groups excluding carboxylic acids is 1. The van der Waals surface area contributed by atoms with Gasteiger partial charge in [0.1, 0.15) is 5.60 Å². The van der Waals surface area contributed by atoms with Gasteiger partial charge in [-0.05, 0) is 17.6 Å². The molecule has 1 atom stereocenters. The molecular formula is C19H25NO2. The number of unbranched alkanes of at least 4 members (excludes halogenated alkanes) is 1. The van der Waals surface area contributed by atoms with Crippen molar-refractivity contribution in [1.82, 2.24) is 5.32 Å². The summed E-state index contributed by atoms with van der Waals surface area (Å²) in [5, 5.41) is 2.99. The van der Waals surface area contributed by atoms with Crippen molar-refractivity contribution in [3.63, 3.8) is 0 Å². The molecule has 1 unspecified atom stereocenters. The molecule has 3 heteroatoms. The second-order valence-corrected chi connectivity index (χ2v) is 5.71. The first-order chi connectivity index (χ1) is 10.7. The number of benzene rings is 1. The van der Waals surface area contributed by atoms with Crippen LogP contribution in [0.15, 0.2) is 48.6 Å². The molecular weight excluding hydrogens is 274 g/mol. The second kappa shape index (κ2) is 7.95. The summed E-state index contributed by atoms with van der Waals surface area (Å²) in [6, 6.07) is 10.3. The lowest BCUT2D eigenvalue weighted by atomic mass is 9.89. The highest BCUT2D eigenvalue weighted by Gasteiger charge is 2.28. The molecule has 0 aromatic heterocycles. The molecule has 0 radical (unpaired) electrons. The quantitative estimate of drug-likeness (QED) is 0.833. The summed E-state index contributed by atoms with van der Waals surface area (Å²) < 4.78 is 5.67. The van der Waals surface area contributed by atoms with E-state index >= 15 is 0 Å². The maximum Gasteiger partial charge on any atom is 0.220 e. The average molecular weight is 299 g/mol. The summed E-state index contributed by atoms with van der Waals surface area (Å²) >= 11 is 0. The smallest absolute Gasteiger partial charge is 0.220 e. The molecule has 2 rings (SSSR count). The Morgan fingerprint density at radius 2 is 2.09 bits per heavy atom. The Kier molecular flexibility index (Phi) is 5.96. The number of hydrogen-bond donors (Lipinski definition) is 1. The fraction of sp³-hybridized carbons (Fsp3) is 0.421. The number of allylic oxidation sites excluding steroid dienone is 2. The average Bonchev–Trinajstić information content (AvgIpc) is 2.59. The molecule has 1 aliphatic rings. The van der Waals surface area contributed by atoms with Crippen molar-refractivity contribution in [1.29, 1.82) is 0 Å². The van der Waals surface area contributed by atoms with Gasteiger partial charge in [0.05, 0.1) is 6.54 Å². The highest BCUT2D eigenvalue weighted by molar-refractivity contribution is 5.77. The van der Waals surface area contributed by atoms with Gasteiger partial charge in [-0.3, -0.25) is 4.79 Å². The fourth-order valence-electron chi connectivity index (χ4n) is 2.53. The minimum absolute atomic E-state index is 0.101. The van der Waals surface area contributed by atoms with Crippen molar-refractivity contribution < 1.29 is 9.53 Å². The van der Waals surface area contributed by atoms with Gasteiger partial charge in [-0.2, -0.15) is 0 Å². The van der Waals surface area contributed by atoms with Gasteiger partial charge >= 0.3 is 0 Å². The van der Waals surface area contributed by atoms with Gasteiger partial charge in [0.2, 0.25) is 5.91 Å². The zero-order valence-electron chi connectivity index (χ0n) is 13.5. The summed E-state index contributed by atoms with van der Waals surface area (Å²) in [5.74, 6) is 0.101. The van der Waals surface area contributed by atoms with E-state index in [4.69, 9.17) is 4.74 Å². The van der Waals surface area contributed by atoms with Gasteiger partial charge in [0.15, 0.2) is 0 Å². The Morgan fingerprint density at radius 3 is 2.68 bits per heavy atom. The third-order valence-electron chi connectivity index (χ3n) is 4.09. The molecule has 0 fully saturated rings. The van der Waals surface area contributed by atoms with Crippen LogP contribution in [0.1, 0.15) is 38.2 Å². The second-order valence-electron chi connectivity index (χ2n) is 5.71. The van der Waals surface area contributed by atoms with E-state index in [0.717, 1.165) is 19.3 Å². The van der Waals surface area contributed by atoms with E-state index < -0.39 is 5.60 Å². The molecule has 3 nitrogen and oxygen atoms in total. The normalized spacial score (nSPS) is 20.5. The topological polar surface area (TPSA) is 38.3 Å². The number of amides is 1. The number of rotatable bonds is 7. The van der Waals surface area contributed by atoms with Gasteiger partial charge in [-0.1, -0.05) is 61.9 Å². The van der Waals surface area contributed by atoms with Gasteiger partial charge < -0.3 is 10.1 Å². The molecule has 1 aromatic carbocycles. The van der Waals surface area contributed by atoms with E-state index in [0.29, 0.717) is 13.0 Å². The van der Waals surface area contributed by atoms with Crippen LogP contribution in [-0.2, 0) is 9.53 Å². The lowest BCUT2D eigenvalue weighted by Gasteiger charge is -2.31. The van der Waals surface area contributed by atoms with E-state index in [-0.39, 0.29) is 5.91 Å². The monoisotopic (exact) mass is 299 g/mol. The van der Waals surface area contributed by atoms with E-state index in [9.17, 15) is 4.79 Å². The highest BCUT2D eigenvalue weighted by Crippen LogP contribution is 2.28. The largest absolute Gasteiger partial charge is 0.372 e. The molecule has 22 heavy (non-hydrogen) atoms. The minimum Gasteiger partial charge on any atom is -0.372 e. The van der Waals surface area contributed by atoms with Gasteiger partial charge in [0, 0.05) is 20.0 Å². The van der Waals surface area contributed by atoms with Crippen LogP contribution >= 0.6 is 0 Å². The Balaban J connectivity index is 1.95. The summed E-state index contributed by atoms with van der Waals surface area (Å²) in [4.78, 5) is 11.8. The van der Waals surface area contributed by atoms with Gasteiger partial charge in [-0.25, -0.2) is 0 Å². The first kappa shape index (κ1) is 16.5. The van der Waals surface area contributed by atoms with E-state index in [2.05, 4.69) is 42.6 Å². The molecule has 0 aliphatic heterocycles. The molecule has 0 saturated carbocycles. The van der Waals surface area contributed by atoms with Crippen molar-refractivity contribution in [2.45, 2.75) is 38.2 Å². The molecule has 118 valence electrons. The van der Waals surface area contributed by atoms with Gasteiger partial charge in [0.25, 0.3) is 0 Å². The molecule has 1 aliphatic carbocycles. The molecule has 0 saturated heterocycles. The number of hydrogen-bond acceptors (Lipinski definition) is 2. The van der Waals surface area contributed by atoms with Crippen LogP contribution in [-0.4, -0.2) is 25.2 Å². The lowest BCUT2D eigenvalue weighted by molar-refractivity contribution is -0.122.